The maximum absolute atomic E-state index is 11.7. The highest BCUT2D eigenvalue weighted by Crippen LogP contribution is 2.09. The topological polar surface area (TPSA) is 82.6 Å². The van der Waals surface area contributed by atoms with Crippen LogP contribution in [0.5, 0.6) is 0 Å². The summed E-state index contributed by atoms with van der Waals surface area (Å²) in [5, 5.41) is 6.48. The molecular weight excluding hydrogens is 463 g/mol. The SMILES string of the molecule is CN=C(NCCc1ccccc1)NCc1ccc(S(=O)(=O)NC)cc1.I. The molecule has 0 aliphatic heterocycles. The van der Waals surface area contributed by atoms with E-state index >= 15 is 0 Å². The minimum Gasteiger partial charge on any atom is -0.356 e. The van der Waals surface area contributed by atoms with Gasteiger partial charge < -0.3 is 10.6 Å². The van der Waals surface area contributed by atoms with E-state index in [9.17, 15) is 8.42 Å². The molecule has 0 fully saturated rings. The first kappa shape index (κ1) is 22.4. The van der Waals surface area contributed by atoms with E-state index in [0.29, 0.717) is 12.5 Å². The van der Waals surface area contributed by atoms with Gasteiger partial charge in [0.05, 0.1) is 4.90 Å². The van der Waals surface area contributed by atoms with Gasteiger partial charge in [0.15, 0.2) is 5.96 Å². The van der Waals surface area contributed by atoms with Crippen LogP contribution in [-0.2, 0) is 23.0 Å². The smallest absolute Gasteiger partial charge is 0.240 e. The Bertz CT molecular complexity index is 794. The van der Waals surface area contributed by atoms with E-state index in [-0.39, 0.29) is 28.9 Å². The van der Waals surface area contributed by atoms with E-state index in [2.05, 4.69) is 32.5 Å². The Kier molecular flexibility index (Phi) is 9.60. The van der Waals surface area contributed by atoms with Gasteiger partial charge in [-0.2, -0.15) is 0 Å². The molecular formula is C18H25IN4O2S. The highest BCUT2D eigenvalue weighted by atomic mass is 127. The zero-order valence-corrected chi connectivity index (χ0v) is 18.0. The van der Waals surface area contributed by atoms with Gasteiger partial charge >= 0.3 is 0 Å². The van der Waals surface area contributed by atoms with Crippen LogP contribution in [0, 0.1) is 0 Å². The van der Waals surface area contributed by atoms with Crippen molar-refractivity contribution < 1.29 is 8.42 Å². The summed E-state index contributed by atoms with van der Waals surface area (Å²) in [4.78, 5) is 4.45. The molecule has 8 heteroatoms. The predicted octanol–water partition coefficient (Wildman–Crippen LogP) is 2.12. The summed E-state index contributed by atoms with van der Waals surface area (Å²) in [6, 6.07) is 17.0. The maximum atomic E-state index is 11.7. The Morgan fingerprint density at radius 3 is 2.19 bits per heavy atom. The Labute approximate surface area is 172 Å². The summed E-state index contributed by atoms with van der Waals surface area (Å²) in [5.41, 5.74) is 2.24. The first-order valence-corrected chi connectivity index (χ1v) is 9.54. The fourth-order valence-corrected chi connectivity index (χ4v) is 3.01. The average Bonchev–Trinajstić information content (AvgIpc) is 2.65. The predicted molar refractivity (Wildman–Crippen MR) is 116 cm³/mol. The number of nitrogens with zero attached hydrogens (tertiary/aromatic N) is 1. The summed E-state index contributed by atoms with van der Waals surface area (Å²) in [5.74, 6) is 0.711. The van der Waals surface area contributed by atoms with E-state index in [1.165, 1.54) is 12.6 Å². The standard InChI is InChI=1S/C18H24N4O2S.HI/c1-19-18(21-13-12-15-6-4-3-5-7-15)22-14-16-8-10-17(11-9-16)25(23,24)20-2;/h3-11,20H,12-14H2,1-2H3,(H2,19,21,22);1H. The number of guanidine groups is 1. The Morgan fingerprint density at radius 1 is 0.962 bits per heavy atom. The van der Waals surface area contributed by atoms with Crippen LogP contribution in [0.15, 0.2) is 64.5 Å². The molecule has 0 bridgehead atoms. The molecule has 2 rings (SSSR count). The fourth-order valence-electron chi connectivity index (χ4n) is 2.28. The molecule has 3 N–H and O–H groups in total. The van der Waals surface area contributed by atoms with Crippen LogP contribution in [0.4, 0.5) is 0 Å². The zero-order chi connectivity index (χ0) is 18.1. The number of sulfonamides is 1. The molecule has 0 amide bonds. The van der Waals surface area contributed by atoms with Crippen molar-refractivity contribution in [2.45, 2.75) is 17.9 Å². The lowest BCUT2D eigenvalue weighted by Crippen LogP contribution is -2.37. The zero-order valence-electron chi connectivity index (χ0n) is 14.9. The van der Waals surface area contributed by atoms with Crippen molar-refractivity contribution in [3.05, 3.63) is 65.7 Å². The normalized spacial score (nSPS) is 11.5. The summed E-state index contributed by atoms with van der Waals surface area (Å²) in [6.07, 6.45) is 0.915. The summed E-state index contributed by atoms with van der Waals surface area (Å²) < 4.78 is 25.7. The van der Waals surface area contributed by atoms with Gasteiger partial charge in [0.25, 0.3) is 0 Å². The van der Waals surface area contributed by atoms with E-state index in [0.717, 1.165) is 18.5 Å². The molecule has 0 radical (unpaired) electrons. The van der Waals surface area contributed by atoms with Crippen molar-refractivity contribution in [1.82, 2.24) is 15.4 Å². The van der Waals surface area contributed by atoms with Gasteiger partial charge in [-0.15, -0.1) is 24.0 Å². The fraction of sp³-hybridized carbons (Fsp3) is 0.278. The van der Waals surface area contributed by atoms with Crippen molar-refractivity contribution in [3.8, 4) is 0 Å². The first-order valence-electron chi connectivity index (χ1n) is 8.06. The second-order valence-corrected chi connectivity index (χ2v) is 7.33. The second-order valence-electron chi connectivity index (χ2n) is 5.44. The van der Waals surface area contributed by atoms with Gasteiger partial charge in [0, 0.05) is 20.1 Å². The quantitative estimate of drug-likeness (QED) is 0.317. The van der Waals surface area contributed by atoms with Crippen LogP contribution in [0.1, 0.15) is 11.1 Å². The molecule has 0 heterocycles. The van der Waals surface area contributed by atoms with E-state index < -0.39 is 10.0 Å². The van der Waals surface area contributed by atoms with Crippen LogP contribution in [0.2, 0.25) is 0 Å². The molecule has 0 saturated carbocycles. The summed E-state index contributed by atoms with van der Waals surface area (Å²) in [6.45, 7) is 1.34. The van der Waals surface area contributed by atoms with Gasteiger partial charge in [0.1, 0.15) is 0 Å². The second kappa shape index (κ2) is 11.1. The van der Waals surface area contributed by atoms with Gasteiger partial charge in [-0.25, -0.2) is 13.1 Å². The van der Waals surface area contributed by atoms with Crippen LogP contribution < -0.4 is 15.4 Å². The highest BCUT2D eigenvalue weighted by molar-refractivity contribution is 14.0. The molecule has 0 unspecified atom stereocenters. The van der Waals surface area contributed by atoms with Gasteiger partial charge in [-0.1, -0.05) is 42.5 Å². The van der Waals surface area contributed by atoms with Crippen molar-refractivity contribution in [2.75, 3.05) is 20.6 Å². The van der Waals surface area contributed by atoms with Crippen LogP contribution in [0.3, 0.4) is 0 Å². The van der Waals surface area contributed by atoms with Gasteiger partial charge in [-0.3, -0.25) is 4.99 Å². The Balaban J connectivity index is 0.00000338. The van der Waals surface area contributed by atoms with Crippen LogP contribution in [0.25, 0.3) is 0 Å². The Morgan fingerprint density at radius 2 is 1.62 bits per heavy atom. The van der Waals surface area contributed by atoms with E-state index in [4.69, 9.17) is 0 Å². The summed E-state index contributed by atoms with van der Waals surface area (Å²) >= 11 is 0. The number of nitrogens with one attached hydrogen (secondary N) is 3. The third-order valence-corrected chi connectivity index (χ3v) is 5.17. The molecule has 2 aromatic rings. The van der Waals surface area contributed by atoms with E-state index in [1.807, 2.05) is 18.2 Å². The molecule has 0 atom stereocenters. The molecule has 6 nitrogen and oxygen atoms in total. The maximum Gasteiger partial charge on any atom is 0.240 e. The van der Waals surface area contributed by atoms with Crippen molar-refractivity contribution in [3.63, 3.8) is 0 Å². The minimum atomic E-state index is -3.40. The molecule has 26 heavy (non-hydrogen) atoms. The van der Waals surface area contributed by atoms with Crippen molar-refractivity contribution in [1.29, 1.82) is 0 Å². The number of rotatable bonds is 7. The lowest BCUT2D eigenvalue weighted by atomic mass is 10.1. The number of halogens is 1. The van der Waals surface area contributed by atoms with Gasteiger partial charge in [-0.05, 0) is 36.7 Å². The van der Waals surface area contributed by atoms with E-state index in [1.54, 1.807) is 31.3 Å². The Hall–Kier alpha value is -1.65. The summed E-state index contributed by atoms with van der Waals surface area (Å²) in [7, 11) is -0.274. The largest absolute Gasteiger partial charge is 0.356 e. The van der Waals surface area contributed by atoms with Crippen molar-refractivity contribution >= 4 is 40.0 Å². The molecule has 0 spiro atoms. The third-order valence-electron chi connectivity index (χ3n) is 3.73. The highest BCUT2D eigenvalue weighted by Gasteiger charge is 2.10. The average molecular weight is 488 g/mol. The third kappa shape index (κ3) is 6.93. The number of aliphatic imine (C=N–C) groups is 1. The molecule has 0 aromatic heterocycles. The molecule has 0 aliphatic rings. The van der Waals surface area contributed by atoms with Crippen molar-refractivity contribution in [2.24, 2.45) is 4.99 Å². The van der Waals surface area contributed by atoms with Gasteiger partial charge in [0.2, 0.25) is 10.0 Å². The number of hydrogen-bond donors (Lipinski definition) is 3. The minimum absolute atomic E-state index is 0. The lowest BCUT2D eigenvalue weighted by molar-refractivity contribution is 0.588. The molecule has 0 aliphatic carbocycles. The van der Waals surface area contributed by atoms with Crippen LogP contribution in [-0.4, -0.2) is 35.0 Å². The first-order chi connectivity index (χ1) is 12.0. The molecule has 142 valence electrons. The monoisotopic (exact) mass is 488 g/mol. The number of benzene rings is 2. The molecule has 2 aromatic carbocycles. The molecule has 0 saturated heterocycles. The number of hydrogen-bond acceptors (Lipinski definition) is 3. The lowest BCUT2D eigenvalue weighted by Gasteiger charge is -2.12. The van der Waals surface area contributed by atoms with Crippen LogP contribution >= 0.6 is 24.0 Å².